The summed E-state index contributed by atoms with van der Waals surface area (Å²) in [6.07, 6.45) is 2.56. The van der Waals surface area contributed by atoms with E-state index in [-0.39, 0.29) is 12.6 Å². The number of carbonyl (C=O) groups is 1. The normalized spacial score (nSPS) is 19.7. The molecule has 1 heterocycles. The van der Waals surface area contributed by atoms with E-state index < -0.39 is 21.9 Å². The highest BCUT2D eigenvalue weighted by atomic mass is 32.2. The lowest BCUT2D eigenvalue weighted by Crippen LogP contribution is -2.50. The zero-order valence-electron chi connectivity index (χ0n) is 12.6. The number of halogens is 1. The second kappa shape index (κ2) is 6.62. The van der Waals surface area contributed by atoms with E-state index in [0.29, 0.717) is 30.6 Å². The Labute approximate surface area is 129 Å². The molecule has 0 bridgehead atoms. The van der Waals surface area contributed by atoms with Crippen LogP contribution in [-0.2, 0) is 10.0 Å². The molecule has 0 radical (unpaired) electrons. The fraction of sp³-hybridized carbons (Fsp3) is 0.500. The van der Waals surface area contributed by atoms with E-state index in [1.165, 1.54) is 10.4 Å². The Morgan fingerprint density at radius 3 is 2.77 bits per heavy atom. The number of benzene rings is 1. The molecular formula is C14H20FN3O3S. The molecule has 1 aromatic rings. The standard InChI is InChI=1S/C14H20FN3O3S/c1-10-5-6-11(8-13(10)15)16-14(19)17-12-4-3-7-18(9-12)22(2,20)21/h5-6,8,12H,3-4,7,9H2,1-2H3,(H2,16,17,19)/t12-/m1/s1. The second-order valence-corrected chi connectivity index (χ2v) is 7.51. The molecular weight excluding hydrogens is 309 g/mol. The van der Waals surface area contributed by atoms with Gasteiger partial charge in [-0.1, -0.05) is 6.07 Å². The van der Waals surface area contributed by atoms with E-state index in [0.717, 1.165) is 6.26 Å². The third-order valence-corrected chi connectivity index (χ3v) is 4.89. The van der Waals surface area contributed by atoms with E-state index in [1.54, 1.807) is 19.1 Å². The van der Waals surface area contributed by atoms with Crippen LogP contribution in [0.5, 0.6) is 0 Å². The number of carbonyl (C=O) groups excluding carboxylic acids is 1. The molecule has 0 saturated carbocycles. The van der Waals surface area contributed by atoms with Crippen LogP contribution in [-0.4, -0.2) is 44.1 Å². The van der Waals surface area contributed by atoms with Gasteiger partial charge >= 0.3 is 6.03 Å². The molecule has 0 aromatic heterocycles. The van der Waals surface area contributed by atoms with E-state index >= 15 is 0 Å². The maximum absolute atomic E-state index is 13.4. The van der Waals surface area contributed by atoms with Crippen molar-refractivity contribution in [1.29, 1.82) is 0 Å². The lowest BCUT2D eigenvalue weighted by atomic mass is 10.1. The van der Waals surface area contributed by atoms with E-state index in [4.69, 9.17) is 0 Å². The van der Waals surface area contributed by atoms with Gasteiger partial charge < -0.3 is 10.6 Å². The zero-order valence-corrected chi connectivity index (χ0v) is 13.4. The van der Waals surface area contributed by atoms with Crippen molar-refractivity contribution in [2.75, 3.05) is 24.7 Å². The number of nitrogens with one attached hydrogen (secondary N) is 2. The van der Waals surface area contributed by atoms with Crippen molar-refractivity contribution in [3.8, 4) is 0 Å². The van der Waals surface area contributed by atoms with Gasteiger partial charge in [0.2, 0.25) is 10.0 Å². The Kier molecular flexibility index (Phi) is 5.02. The topological polar surface area (TPSA) is 78.5 Å². The van der Waals surface area contributed by atoms with E-state index in [1.807, 2.05) is 0 Å². The van der Waals surface area contributed by atoms with Crippen LogP contribution in [0.3, 0.4) is 0 Å². The highest BCUT2D eigenvalue weighted by Crippen LogP contribution is 2.15. The van der Waals surface area contributed by atoms with Crippen molar-refractivity contribution < 1.29 is 17.6 Å². The maximum atomic E-state index is 13.4. The number of aryl methyl sites for hydroxylation is 1. The molecule has 22 heavy (non-hydrogen) atoms. The lowest BCUT2D eigenvalue weighted by Gasteiger charge is -2.31. The van der Waals surface area contributed by atoms with Gasteiger partial charge in [-0.15, -0.1) is 0 Å². The average Bonchev–Trinajstić information content (AvgIpc) is 2.42. The van der Waals surface area contributed by atoms with E-state index in [9.17, 15) is 17.6 Å². The van der Waals surface area contributed by atoms with Crippen LogP contribution in [0.4, 0.5) is 14.9 Å². The summed E-state index contributed by atoms with van der Waals surface area (Å²) in [6.45, 7) is 2.37. The Balaban J connectivity index is 1.92. The Hall–Kier alpha value is -1.67. The molecule has 1 atom stereocenters. The third kappa shape index (κ3) is 4.41. The molecule has 6 nitrogen and oxygen atoms in total. The summed E-state index contributed by atoms with van der Waals surface area (Å²) >= 11 is 0. The number of piperidine rings is 1. The molecule has 1 saturated heterocycles. The van der Waals surface area contributed by atoms with Crippen LogP contribution < -0.4 is 10.6 Å². The Morgan fingerprint density at radius 2 is 2.14 bits per heavy atom. The monoisotopic (exact) mass is 329 g/mol. The smallest absolute Gasteiger partial charge is 0.319 e. The molecule has 2 N–H and O–H groups in total. The van der Waals surface area contributed by atoms with Gasteiger partial charge in [0.25, 0.3) is 0 Å². The number of hydrogen-bond acceptors (Lipinski definition) is 3. The minimum atomic E-state index is -3.25. The molecule has 0 unspecified atom stereocenters. The number of anilines is 1. The lowest BCUT2D eigenvalue weighted by molar-refractivity contribution is 0.236. The van der Waals surface area contributed by atoms with Crippen LogP contribution in [0, 0.1) is 12.7 Å². The summed E-state index contributed by atoms with van der Waals surface area (Å²) in [7, 11) is -3.25. The van der Waals surface area contributed by atoms with Crippen LogP contribution >= 0.6 is 0 Å². The first-order chi connectivity index (χ1) is 10.3. The second-order valence-electron chi connectivity index (χ2n) is 5.52. The number of urea groups is 1. The predicted octanol–water partition coefficient (Wildman–Crippen LogP) is 1.68. The predicted molar refractivity (Wildman–Crippen MR) is 82.7 cm³/mol. The van der Waals surface area contributed by atoms with Crippen LogP contribution in [0.25, 0.3) is 0 Å². The number of amides is 2. The van der Waals surface area contributed by atoms with Gasteiger partial charge in [0.05, 0.1) is 6.26 Å². The van der Waals surface area contributed by atoms with E-state index in [2.05, 4.69) is 10.6 Å². The molecule has 1 aromatic carbocycles. The minimum absolute atomic E-state index is 0.251. The van der Waals surface area contributed by atoms with Gasteiger partial charge in [-0.25, -0.2) is 21.9 Å². The quantitative estimate of drug-likeness (QED) is 0.885. The first kappa shape index (κ1) is 16.7. The molecule has 8 heteroatoms. The van der Waals surface area contributed by atoms with Gasteiger partial charge in [0, 0.05) is 24.8 Å². The zero-order chi connectivity index (χ0) is 16.3. The largest absolute Gasteiger partial charge is 0.334 e. The fourth-order valence-electron chi connectivity index (χ4n) is 2.38. The number of sulfonamides is 1. The van der Waals surface area contributed by atoms with Crippen molar-refractivity contribution in [3.63, 3.8) is 0 Å². The van der Waals surface area contributed by atoms with Gasteiger partial charge in [-0.3, -0.25) is 0 Å². The van der Waals surface area contributed by atoms with Crippen LogP contribution in [0.1, 0.15) is 18.4 Å². The van der Waals surface area contributed by atoms with Crippen molar-refractivity contribution in [3.05, 3.63) is 29.6 Å². The SMILES string of the molecule is Cc1ccc(NC(=O)N[C@@H]2CCCN(S(C)(=O)=O)C2)cc1F. The summed E-state index contributed by atoms with van der Waals surface area (Å²) in [5.41, 5.74) is 0.860. The highest BCUT2D eigenvalue weighted by molar-refractivity contribution is 7.88. The van der Waals surface area contributed by atoms with Crippen molar-refractivity contribution in [1.82, 2.24) is 9.62 Å². The third-order valence-electron chi connectivity index (χ3n) is 3.62. The molecule has 1 aliphatic rings. The molecule has 1 aliphatic heterocycles. The molecule has 0 spiro atoms. The van der Waals surface area contributed by atoms with Crippen LogP contribution in [0.15, 0.2) is 18.2 Å². The molecule has 1 fully saturated rings. The summed E-state index contributed by atoms with van der Waals surface area (Å²) in [4.78, 5) is 11.9. The summed E-state index contributed by atoms with van der Waals surface area (Å²) in [5.74, 6) is -0.390. The van der Waals surface area contributed by atoms with Gasteiger partial charge in [-0.05, 0) is 37.5 Å². The van der Waals surface area contributed by atoms with Gasteiger partial charge in [-0.2, -0.15) is 0 Å². The minimum Gasteiger partial charge on any atom is -0.334 e. The van der Waals surface area contributed by atoms with Gasteiger partial charge in [0.15, 0.2) is 0 Å². The maximum Gasteiger partial charge on any atom is 0.319 e. The van der Waals surface area contributed by atoms with Crippen molar-refractivity contribution in [2.24, 2.45) is 0 Å². The average molecular weight is 329 g/mol. The fourth-order valence-corrected chi connectivity index (χ4v) is 3.30. The Bertz CT molecular complexity index is 663. The molecule has 2 amide bonds. The number of nitrogens with zero attached hydrogens (tertiary/aromatic N) is 1. The molecule has 0 aliphatic carbocycles. The van der Waals surface area contributed by atoms with Gasteiger partial charge in [0.1, 0.15) is 5.82 Å². The highest BCUT2D eigenvalue weighted by Gasteiger charge is 2.26. The van der Waals surface area contributed by atoms with Crippen molar-refractivity contribution >= 4 is 21.7 Å². The van der Waals surface area contributed by atoms with Crippen LogP contribution in [0.2, 0.25) is 0 Å². The Morgan fingerprint density at radius 1 is 1.41 bits per heavy atom. The summed E-state index contributed by atoms with van der Waals surface area (Å²) in [5, 5.41) is 5.28. The first-order valence-electron chi connectivity index (χ1n) is 7.04. The summed E-state index contributed by atoms with van der Waals surface area (Å²) < 4.78 is 37.8. The molecule has 2 rings (SSSR count). The first-order valence-corrected chi connectivity index (χ1v) is 8.89. The molecule has 122 valence electrons. The number of hydrogen-bond donors (Lipinski definition) is 2. The summed E-state index contributed by atoms with van der Waals surface area (Å²) in [6, 6.07) is 3.72. The van der Waals surface area contributed by atoms with Crippen molar-refractivity contribution in [2.45, 2.75) is 25.8 Å². The number of rotatable bonds is 3.